The first-order chi connectivity index (χ1) is 17.3. The minimum absolute atomic E-state index is 0.0364. The van der Waals surface area contributed by atoms with Gasteiger partial charge in [0, 0.05) is 56.6 Å². The van der Waals surface area contributed by atoms with Crippen LogP contribution in [0.4, 0.5) is 17.2 Å². The molecule has 0 amide bonds. The second-order valence-corrected chi connectivity index (χ2v) is 9.16. The maximum absolute atomic E-state index is 13.8. The largest absolute Gasteiger partial charge is 0.378 e. The molecule has 3 aliphatic rings. The van der Waals surface area contributed by atoms with Crippen molar-refractivity contribution in [2.75, 3.05) is 67.2 Å². The molecular weight excluding hydrogens is 442 g/mol. The summed E-state index contributed by atoms with van der Waals surface area (Å²) in [6.45, 7) is 6.19. The van der Waals surface area contributed by atoms with Crippen molar-refractivity contribution in [2.24, 2.45) is 0 Å². The highest BCUT2D eigenvalue weighted by Gasteiger charge is 2.35. The fourth-order valence-electron chi connectivity index (χ4n) is 5.53. The molecule has 2 aromatic carbocycles. The Bertz CT molecular complexity index is 1420. The van der Waals surface area contributed by atoms with Crippen LogP contribution < -0.4 is 14.7 Å². The number of ether oxygens (including phenoxy) is 1. The highest BCUT2D eigenvalue weighted by Crippen LogP contribution is 2.47. The van der Waals surface area contributed by atoms with E-state index in [1.165, 1.54) is 0 Å². The van der Waals surface area contributed by atoms with Gasteiger partial charge >= 0.3 is 0 Å². The van der Waals surface area contributed by atoms with Crippen LogP contribution in [-0.2, 0) is 4.74 Å². The molecule has 2 saturated heterocycles. The average molecular weight is 468 g/mol. The average Bonchev–Trinajstić information content (AvgIpc) is 3.38. The molecule has 0 bridgehead atoms. The zero-order chi connectivity index (χ0) is 23.4. The first kappa shape index (κ1) is 20.5. The Morgan fingerprint density at radius 2 is 1.49 bits per heavy atom. The molecule has 2 fully saturated rings. The molecule has 8 nitrogen and oxygen atoms in total. The molecule has 7 rings (SSSR count). The van der Waals surface area contributed by atoms with E-state index >= 15 is 0 Å². The summed E-state index contributed by atoms with van der Waals surface area (Å²) in [6, 6.07) is 15.8. The number of fused-ring (bicyclic) bond motifs is 2. The van der Waals surface area contributed by atoms with Crippen LogP contribution in [0.3, 0.4) is 0 Å². The molecule has 2 aromatic heterocycles. The molecule has 0 saturated carbocycles. The third kappa shape index (κ3) is 3.20. The molecule has 0 unspecified atom stereocenters. The fourth-order valence-corrected chi connectivity index (χ4v) is 5.53. The van der Waals surface area contributed by atoms with Crippen molar-refractivity contribution in [3.05, 3.63) is 65.9 Å². The molecule has 4 heterocycles. The van der Waals surface area contributed by atoms with Gasteiger partial charge in [0.2, 0.25) is 0 Å². The highest BCUT2D eigenvalue weighted by atomic mass is 16.5. The Morgan fingerprint density at radius 3 is 2.26 bits per heavy atom. The fraction of sp³-hybridized carbons (Fsp3) is 0.296. The molecule has 2 aliphatic heterocycles. The molecule has 0 spiro atoms. The summed E-state index contributed by atoms with van der Waals surface area (Å²) in [4.78, 5) is 25.2. The Hall–Kier alpha value is -3.91. The number of morpholine rings is 1. The lowest BCUT2D eigenvalue weighted by Crippen LogP contribution is -2.47. The summed E-state index contributed by atoms with van der Waals surface area (Å²) in [6.07, 6.45) is 1.84. The smallest absolute Gasteiger partial charge is 0.196 e. The number of aromatic nitrogens is 2. The lowest BCUT2D eigenvalue weighted by Gasteiger charge is -2.38. The number of ketones is 1. The summed E-state index contributed by atoms with van der Waals surface area (Å²) < 4.78 is 11.6. The van der Waals surface area contributed by atoms with Gasteiger partial charge in [-0.05, 0) is 18.2 Å². The summed E-state index contributed by atoms with van der Waals surface area (Å²) in [7, 11) is 0. The van der Waals surface area contributed by atoms with Gasteiger partial charge in [-0.1, -0.05) is 35.5 Å². The molecule has 8 heteroatoms. The number of carbonyl (C=O) groups is 1. The molecule has 4 aromatic rings. The van der Waals surface area contributed by atoms with E-state index in [4.69, 9.17) is 9.26 Å². The zero-order valence-electron chi connectivity index (χ0n) is 19.3. The van der Waals surface area contributed by atoms with Crippen molar-refractivity contribution in [3.8, 4) is 11.3 Å². The number of pyridine rings is 1. The molecule has 0 radical (unpaired) electrons. The Morgan fingerprint density at radius 1 is 0.771 bits per heavy atom. The number of anilines is 3. The van der Waals surface area contributed by atoms with Gasteiger partial charge < -0.3 is 24.0 Å². The second-order valence-electron chi connectivity index (χ2n) is 9.16. The number of carbonyl (C=O) groups excluding carboxylic acids is 1. The number of nitrogens with zero attached hydrogens (tertiary/aromatic N) is 5. The standard InChI is InChI=1S/C27H25N5O3/c33-26-18-5-1-2-6-19(18)27-24-23(26)20(31-13-15-34-16-14-31)17-21(25(24)29-35-27)30-9-11-32(12-10-30)22-7-3-4-8-28-22/h1-8,17H,9-16H2. The van der Waals surface area contributed by atoms with Crippen molar-refractivity contribution >= 4 is 33.9 Å². The zero-order valence-corrected chi connectivity index (χ0v) is 19.3. The van der Waals surface area contributed by atoms with Gasteiger partial charge in [0.25, 0.3) is 0 Å². The minimum Gasteiger partial charge on any atom is -0.378 e. The minimum atomic E-state index is 0.0364. The number of hydrogen-bond donors (Lipinski definition) is 0. The van der Waals surface area contributed by atoms with Gasteiger partial charge in [0.05, 0.1) is 35.5 Å². The number of benzene rings is 2. The van der Waals surface area contributed by atoms with Crippen LogP contribution >= 0.6 is 0 Å². The van der Waals surface area contributed by atoms with Gasteiger partial charge in [-0.15, -0.1) is 0 Å². The Kier molecular flexibility index (Phi) is 4.73. The van der Waals surface area contributed by atoms with E-state index in [9.17, 15) is 4.79 Å². The molecule has 0 N–H and O–H groups in total. The Labute approximate surface area is 202 Å². The number of piperazine rings is 1. The van der Waals surface area contributed by atoms with E-state index in [1.54, 1.807) is 0 Å². The normalized spacial score (nSPS) is 17.7. The molecule has 35 heavy (non-hydrogen) atoms. The van der Waals surface area contributed by atoms with Crippen LogP contribution in [0.15, 0.2) is 59.3 Å². The lowest BCUT2D eigenvalue weighted by molar-refractivity contribution is 0.103. The second kappa shape index (κ2) is 8.09. The third-order valence-corrected chi connectivity index (χ3v) is 7.30. The first-order valence-electron chi connectivity index (χ1n) is 12.1. The summed E-state index contributed by atoms with van der Waals surface area (Å²) in [5, 5.41) is 5.36. The van der Waals surface area contributed by atoms with Crippen molar-refractivity contribution in [2.45, 2.75) is 0 Å². The van der Waals surface area contributed by atoms with Gasteiger partial charge in [0.1, 0.15) is 11.3 Å². The van der Waals surface area contributed by atoms with Gasteiger partial charge in [-0.25, -0.2) is 4.98 Å². The van der Waals surface area contributed by atoms with Crippen LogP contribution in [0, 0.1) is 0 Å². The topological polar surface area (TPSA) is 74.9 Å². The van der Waals surface area contributed by atoms with E-state index in [1.807, 2.05) is 42.6 Å². The van der Waals surface area contributed by atoms with E-state index < -0.39 is 0 Å². The number of rotatable bonds is 3. The van der Waals surface area contributed by atoms with Gasteiger partial charge in [0.15, 0.2) is 11.5 Å². The molecule has 1 aliphatic carbocycles. The van der Waals surface area contributed by atoms with Crippen molar-refractivity contribution in [3.63, 3.8) is 0 Å². The van der Waals surface area contributed by atoms with Gasteiger partial charge in [-0.2, -0.15) is 0 Å². The quantitative estimate of drug-likeness (QED) is 0.399. The predicted molar refractivity (Wildman–Crippen MR) is 135 cm³/mol. The third-order valence-electron chi connectivity index (χ3n) is 7.30. The van der Waals surface area contributed by atoms with Crippen LogP contribution in [0.5, 0.6) is 0 Å². The molecule has 176 valence electrons. The first-order valence-corrected chi connectivity index (χ1v) is 12.1. The summed E-state index contributed by atoms with van der Waals surface area (Å²) in [5.41, 5.74) is 4.93. The monoisotopic (exact) mass is 467 g/mol. The van der Waals surface area contributed by atoms with E-state index in [0.29, 0.717) is 30.1 Å². The summed E-state index contributed by atoms with van der Waals surface area (Å²) in [5.74, 6) is 1.73. The van der Waals surface area contributed by atoms with Crippen LogP contribution in [0.1, 0.15) is 15.9 Å². The number of hydrogen-bond acceptors (Lipinski definition) is 8. The predicted octanol–water partition coefficient (Wildman–Crippen LogP) is 3.60. The molecular formula is C27H25N5O3. The van der Waals surface area contributed by atoms with Crippen molar-refractivity contribution < 1.29 is 14.1 Å². The van der Waals surface area contributed by atoms with Crippen LogP contribution in [-0.4, -0.2) is 68.4 Å². The van der Waals surface area contributed by atoms with E-state index in [-0.39, 0.29) is 5.78 Å². The van der Waals surface area contributed by atoms with Gasteiger partial charge in [-0.3, -0.25) is 4.79 Å². The van der Waals surface area contributed by atoms with Crippen LogP contribution in [0.2, 0.25) is 0 Å². The SMILES string of the molecule is O=C1c2ccccc2-c2onc3c(N4CCN(c5ccccn5)CC4)cc(N4CCOCC4)c1c23. The maximum Gasteiger partial charge on any atom is 0.196 e. The van der Waals surface area contributed by atoms with Crippen molar-refractivity contribution in [1.29, 1.82) is 0 Å². The summed E-state index contributed by atoms with van der Waals surface area (Å²) >= 11 is 0. The van der Waals surface area contributed by atoms with Crippen LogP contribution in [0.25, 0.3) is 22.2 Å². The molecule has 0 atom stereocenters. The van der Waals surface area contributed by atoms with Crippen molar-refractivity contribution in [1.82, 2.24) is 10.1 Å². The van der Waals surface area contributed by atoms with E-state index in [0.717, 1.165) is 72.9 Å². The lowest BCUT2D eigenvalue weighted by atomic mass is 9.86. The van der Waals surface area contributed by atoms with E-state index in [2.05, 4.69) is 37.0 Å². The highest BCUT2D eigenvalue weighted by molar-refractivity contribution is 6.28. The maximum atomic E-state index is 13.8. The Balaban J connectivity index is 1.35.